The lowest BCUT2D eigenvalue weighted by atomic mass is 9.64. The molecule has 0 aromatic carbocycles. The van der Waals surface area contributed by atoms with E-state index < -0.39 is 5.41 Å². The van der Waals surface area contributed by atoms with Crippen molar-refractivity contribution < 1.29 is 9.59 Å². The predicted octanol–water partition coefficient (Wildman–Crippen LogP) is 2.28. The van der Waals surface area contributed by atoms with Crippen LogP contribution in [-0.2, 0) is 9.59 Å². The van der Waals surface area contributed by atoms with E-state index in [1.54, 1.807) is 0 Å². The second kappa shape index (κ2) is 3.56. The molecular weight excluding hydrogens is 282 g/mol. The van der Waals surface area contributed by atoms with Crippen molar-refractivity contribution in [2.24, 2.45) is 16.2 Å². The molecule has 17 heavy (non-hydrogen) atoms. The van der Waals surface area contributed by atoms with Crippen LogP contribution < -0.4 is 5.32 Å². The zero-order valence-corrected chi connectivity index (χ0v) is 12.5. The third-order valence-corrected chi connectivity index (χ3v) is 6.66. The Kier molecular flexibility index (Phi) is 2.74. The third-order valence-electron chi connectivity index (χ3n) is 5.46. The Morgan fingerprint density at radius 3 is 2.41 bits per heavy atom. The fourth-order valence-corrected chi connectivity index (χ4v) is 5.29. The van der Waals surface area contributed by atoms with Gasteiger partial charge in [0.05, 0.1) is 10.2 Å². The molecule has 2 fully saturated rings. The molecule has 0 aromatic heterocycles. The van der Waals surface area contributed by atoms with E-state index in [1.807, 2.05) is 13.8 Å². The van der Waals surface area contributed by atoms with Gasteiger partial charge in [0.2, 0.25) is 5.91 Å². The van der Waals surface area contributed by atoms with Gasteiger partial charge in [0.25, 0.3) is 0 Å². The Hall–Kier alpha value is -0.380. The summed E-state index contributed by atoms with van der Waals surface area (Å²) >= 11 is 3.49. The molecule has 0 unspecified atom stereocenters. The van der Waals surface area contributed by atoms with Crippen LogP contribution in [0.4, 0.5) is 0 Å². The summed E-state index contributed by atoms with van der Waals surface area (Å²) in [5.74, 6) is 0.224. The first-order valence-electron chi connectivity index (χ1n) is 6.22. The van der Waals surface area contributed by atoms with Gasteiger partial charge in [-0.25, -0.2) is 0 Å². The number of fused-ring (bicyclic) bond motifs is 2. The minimum atomic E-state index is -0.575. The summed E-state index contributed by atoms with van der Waals surface area (Å²) in [6.07, 6.45) is 1.61. The minimum Gasteiger partial charge on any atom is -0.356 e. The number of amides is 1. The molecule has 0 saturated heterocycles. The summed E-state index contributed by atoms with van der Waals surface area (Å²) in [6.45, 7) is 8.66. The van der Waals surface area contributed by atoms with Crippen molar-refractivity contribution in [3.63, 3.8) is 0 Å². The lowest BCUT2D eigenvalue weighted by Crippen LogP contribution is -2.50. The first-order chi connectivity index (χ1) is 7.75. The molecule has 0 radical (unpaired) electrons. The summed E-state index contributed by atoms with van der Waals surface area (Å²) in [4.78, 5) is 24.5. The van der Waals surface area contributed by atoms with Gasteiger partial charge in [0, 0.05) is 12.0 Å². The average molecular weight is 302 g/mol. The van der Waals surface area contributed by atoms with Gasteiger partial charge in [-0.2, -0.15) is 0 Å². The maximum absolute atomic E-state index is 12.4. The highest BCUT2D eigenvalue weighted by Crippen LogP contribution is 2.72. The fourth-order valence-electron chi connectivity index (χ4n) is 3.77. The molecule has 2 aliphatic rings. The number of hydrogen-bond acceptors (Lipinski definition) is 2. The summed E-state index contributed by atoms with van der Waals surface area (Å²) in [5, 5.41) is 2.91. The van der Waals surface area contributed by atoms with Crippen molar-refractivity contribution in [2.75, 3.05) is 6.54 Å². The van der Waals surface area contributed by atoms with Crippen molar-refractivity contribution in [3.8, 4) is 0 Å². The highest BCUT2D eigenvalue weighted by molar-refractivity contribution is 9.10. The Morgan fingerprint density at radius 1 is 1.41 bits per heavy atom. The molecule has 0 spiro atoms. The molecule has 2 bridgehead atoms. The number of carbonyl (C=O) groups is 2. The van der Waals surface area contributed by atoms with E-state index in [0.29, 0.717) is 6.54 Å². The van der Waals surface area contributed by atoms with Gasteiger partial charge in [0.1, 0.15) is 0 Å². The lowest BCUT2D eigenvalue weighted by Gasteiger charge is -2.39. The molecule has 0 heterocycles. The van der Waals surface area contributed by atoms with Crippen LogP contribution in [0, 0.1) is 16.2 Å². The minimum absolute atomic E-state index is 0.0291. The Balaban J connectivity index is 2.54. The van der Waals surface area contributed by atoms with Gasteiger partial charge in [0.15, 0.2) is 5.78 Å². The zero-order valence-electron chi connectivity index (χ0n) is 10.9. The predicted molar refractivity (Wildman–Crippen MR) is 70.0 cm³/mol. The average Bonchev–Trinajstić information content (AvgIpc) is 2.52. The van der Waals surface area contributed by atoms with Crippen molar-refractivity contribution >= 4 is 27.6 Å². The highest BCUT2D eigenvalue weighted by Gasteiger charge is 2.76. The van der Waals surface area contributed by atoms with Crippen LogP contribution in [0.15, 0.2) is 0 Å². The van der Waals surface area contributed by atoms with E-state index in [2.05, 4.69) is 35.1 Å². The lowest BCUT2D eigenvalue weighted by molar-refractivity contribution is -0.135. The van der Waals surface area contributed by atoms with Gasteiger partial charge in [-0.1, -0.05) is 36.7 Å². The van der Waals surface area contributed by atoms with Crippen LogP contribution in [0.2, 0.25) is 0 Å². The molecule has 2 saturated carbocycles. The highest BCUT2D eigenvalue weighted by atomic mass is 79.9. The van der Waals surface area contributed by atoms with Gasteiger partial charge in [-0.05, 0) is 25.2 Å². The number of alkyl halides is 1. The molecule has 3 atom stereocenters. The van der Waals surface area contributed by atoms with Crippen LogP contribution in [0.1, 0.15) is 40.5 Å². The van der Waals surface area contributed by atoms with Crippen LogP contribution in [0.25, 0.3) is 0 Å². The van der Waals surface area contributed by atoms with Crippen molar-refractivity contribution in [1.29, 1.82) is 0 Å². The maximum atomic E-state index is 12.4. The third kappa shape index (κ3) is 1.18. The normalized spacial score (nSPS) is 42.9. The fraction of sp³-hybridized carbons (Fsp3) is 0.846. The monoisotopic (exact) mass is 301 g/mol. The van der Waals surface area contributed by atoms with Crippen molar-refractivity contribution in [1.82, 2.24) is 5.32 Å². The van der Waals surface area contributed by atoms with Gasteiger partial charge in [-0.15, -0.1) is 0 Å². The van der Waals surface area contributed by atoms with Gasteiger partial charge in [-0.3, -0.25) is 9.59 Å². The molecule has 3 nitrogen and oxygen atoms in total. The second-order valence-corrected chi connectivity index (χ2v) is 6.93. The number of ketones is 1. The van der Waals surface area contributed by atoms with E-state index in [0.717, 1.165) is 12.8 Å². The zero-order chi connectivity index (χ0) is 13.1. The molecule has 0 aromatic rings. The number of rotatable bonds is 2. The molecule has 2 rings (SSSR count). The quantitative estimate of drug-likeness (QED) is 0.796. The number of halogens is 1. The Labute approximate surface area is 111 Å². The molecule has 1 amide bonds. The van der Waals surface area contributed by atoms with E-state index in [9.17, 15) is 9.59 Å². The second-order valence-electron chi connectivity index (χ2n) is 6.01. The van der Waals surface area contributed by atoms with E-state index in [4.69, 9.17) is 0 Å². The summed E-state index contributed by atoms with van der Waals surface area (Å²) in [6, 6.07) is 0. The first kappa shape index (κ1) is 13.1. The largest absolute Gasteiger partial charge is 0.356 e. The number of carbonyl (C=O) groups excluding carboxylic acids is 2. The van der Waals surface area contributed by atoms with Crippen LogP contribution in [-0.4, -0.2) is 23.1 Å². The molecular formula is C13H20BrNO2. The number of nitrogens with one attached hydrogen (secondary N) is 1. The molecule has 1 N–H and O–H groups in total. The van der Waals surface area contributed by atoms with Crippen LogP contribution in [0.3, 0.4) is 0 Å². The van der Waals surface area contributed by atoms with Gasteiger partial charge < -0.3 is 5.32 Å². The van der Waals surface area contributed by atoms with Crippen LogP contribution in [0.5, 0.6) is 0 Å². The number of Topliss-reactive ketones (excluding diaryl/α,β-unsaturated/α-hetero) is 1. The molecule has 2 aliphatic carbocycles. The van der Waals surface area contributed by atoms with Gasteiger partial charge >= 0.3 is 0 Å². The molecule has 96 valence electrons. The number of hydrogen-bond donors (Lipinski definition) is 1. The van der Waals surface area contributed by atoms with Crippen molar-refractivity contribution in [3.05, 3.63) is 0 Å². The summed E-state index contributed by atoms with van der Waals surface area (Å²) < 4.78 is 0. The van der Waals surface area contributed by atoms with Crippen LogP contribution >= 0.6 is 15.9 Å². The summed E-state index contributed by atoms with van der Waals surface area (Å²) in [7, 11) is 0. The van der Waals surface area contributed by atoms with E-state index in [1.165, 1.54) is 0 Å². The molecule has 4 heteroatoms. The SMILES string of the molecule is CCNC(=O)[C@@]12CC[C@@](C)(C(=O)[C@@H]1Br)C2(C)C. The van der Waals surface area contributed by atoms with E-state index in [-0.39, 0.29) is 27.3 Å². The Morgan fingerprint density at radius 2 is 2.00 bits per heavy atom. The van der Waals surface area contributed by atoms with E-state index >= 15 is 0 Å². The smallest absolute Gasteiger partial charge is 0.228 e. The first-order valence-corrected chi connectivity index (χ1v) is 7.14. The standard InChI is InChI=1S/C13H20BrNO2/c1-5-15-10(17)13-7-6-12(4,11(13,2)3)9(16)8(13)14/h8H,5-7H2,1-4H3,(H,15,17)/t8-,12-,13+/m0/s1. The maximum Gasteiger partial charge on any atom is 0.228 e. The molecule has 0 aliphatic heterocycles. The van der Waals surface area contributed by atoms with Crippen molar-refractivity contribution in [2.45, 2.75) is 45.4 Å². The summed E-state index contributed by atoms with van der Waals surface area (Å²) in [5.41, 5.74) is -1.23. The topological polar surface area (TPSA) is 46.2 Å². The Bertz CT molecular complexity index is 393.